The molecule has 1 unspecified atom stereocenters. The summed E-state index contributed by atoms with van der Waals surface area (Å²) in [5.41, 5.74) is 3.17. The lowest BCUT2D eigenvalue weighted by atomic mass is 9.99. The van der Waals surface area contributed by atoms with E-state index in [0.717, 1.165) is 35.1 Å². The number of fused-ring (bicyclic) bond motifs is 1. The molecule has 0 fully saturated rings. The monoisotopic (exact) mass is 300 g/mol. The summed E-state index contributed by atoms with van der Waals surface area (Å²) in [6, 6.07) is 4.95. The molecular weight excluding hydrogens is 279 g/mol. The molecule has 1 N–H and O–H groups in total. The number of halogens is 1. The van der Waals surface area contributed by atoms with E-state index < -0.39 is 0 Å². The van der Waals surface area contributed by atoms with Crippen LogP contribution >= 0.6 is 0 Å². The van der Waals surface area contributed by atoms with Gasteiger partial charge in [0.05, 0.1) is 12.2 Å². The van der Waals surface area contributed by atoms with Gasteiger partial charge in [-0.1, -0.05) is 13.8 Å². The standard InChI is InChI=1S/C17H21FN4/c1-4-22(5-2)17(12-9-20-21(3)11-12)15-10-19-16-7-6-13(18)8-14(15)16/h6-11,17,19H,4-5H2,1-3H3. The smallest absolute Gasteiger partial charge is 0.123 e. The molecule has 2 aromatic heterocycles. The molecule has 0 amide bonds. The van der Waals surface area contributed by atoms with Gasteiger partial charge in [0.15, 0.2) is 0 Å². The Hall–Kier alpha value is -2.14. The zero-order valence-corrected chi connectivity index (χ0v) is 13.2. The van der Waals surface area contributed by atoms with Crippen LogP contribution in [0, 0.1) is 5.82 Å². The molecule has 3 aromatic rings. The van der Waals surface area contributed by atoms with Crippen molar-refractivity contribution in [3.05, 3.63) is 53.7 Å². The first-order valence-electron chi connectivity index (χ1n) is 7.63. The van der Waals surface area contributed by atoms with Crippen LogP contribution in [0.15, 0.2) is 36.8 Å². The van der Waals surface area contributed by atoms with Crippen molar-refractivity contribution >= 4 is 10.9 Å². The number of aromatic amines is 1. The lowest BCUT2D eigenvalue weighted by Crippen LogP contribution is -2.29. The molecule has 5 heteroatoms. The molecule has 4 nitrogen and oxygen atoms in total. The Morgan fingerprint density at radius 2 is 2.09 bits per heavy atom. The summed E-state index contributed by atoms with van der Waals surface area (Å²) in [7, 11) is 1.91. The first kappa shape index (κ1) is 14.8. The first-order chi connectivity index (χ1) is 10.6. The fraction of sp³-hybridized carbons (Fsp3) is 0.353. The highest BCUT2D eigenvalue weighted by atomic mass is 19.1. The van der Waals surface area contributed by atoms with Crippen molar-refractivity contribution in [2.45, 2.75) is 19.9 Å². The predicted molar refractivity (Wildman–Crippen MR) is 86.2 cm³/mol. The number of rotatable bonds is 5. The zero-order chi connectivity index (χ0) is 15.7. The molecule has 0 saturated carbocycles. The average molecular weight is 300 g/mol. The van der Waals surface area contributed by atoms with E-state index in [-0.39, 0.29) is 11.9 Å². The van der Waals surface area contributed by atoms with E-state index in [0.29, 0.717) is 0 Å². The second-order valence-corrected chi connectivity index (χ2v) is 5.51. The SMILES string of the molecule is CCN(CC)C(c1cnn(C)c1)c1c[nH]c2ccc(F)cc12. The van der Waals surface area contributed by atoms with Crippen LogP contribution in [-0.4, -0.2) is 32.8 Å². The Kier molecular flexibility index (Phi) is 3.98. The maximum atomic E-state index is 13.7. The third-order valence-corrected chi connectivity index (χ3v) is 4.19. The number of benzene rings is 1. The second kappa shape index (κ2) is 5.93. The summed E-state index contributed by atoms with van der Waals surface area (Å²) < 4.78 is 15.5. The van der Waals surface area contributed by atoms with Crippen molar-refractivity contribution in [2.24, 2.45) is 7.05 Å². The Labute approximate surface area is 129 Å². The molecule has 0 spiro atoms. The third kappa shape index (κ3) is 2.52. The van der Waals surface area contributed by atoms with Crippen molar-refractivity contribution in [1.82, 2.24) is 19.7 Å². The van der Waals surface area contributed by atoms with Crippen molar-refractivity contribution in [3.8, 4) is 0 Å². The first-order valence-corrected chi connectivity index (χ1v) is 7.63. The van der Waals surface area contributed by atoms with E-state index in [1.54, 1.807) is 16.8 Å². The molecule has 0 bridgehead atoms. The van der Waals surface area contributed by atoms with Crippen LogP contribution in [0.4, 0.5) is 4.39 Å². The molecule has 0 aliphatic carbocycles. The third-order valence-electron chi connectivity index (χ3n) is 4.19. The molecule has 1 atom stereocenters. The van der Waals surface area contributed by atoms with Gasteiger partial charge in [0.1, 0.15) is 5.82 Å². The lowest BCUT2D eigenvalue weighted by Gasteiger charge is -2.29. The topological polar surface area (TPSA) is 36.9 Å². The van der Waals surface area contributed by atoms with Gasteiger partial charge in [-0.05, 0) is 36.9 Å². The summed E-state index contributed by atoms with van der Waals surface area (Å²) in [6.07, 6.45) is 5.91. The van der Waals surface area contributed by atoms with E-state index >= 15 is 0 Å². The number of hydrogen-bond acceptors (Lipinski definition) is 2. The summed E-state index contributed by atoms with van der Waals surface area (Å²) in [6.45, 7) is 6.11. The molecular formula is C17H21FN4. The predicted octanol–water partition coefficient (Wildman–Crippen LogP) is 3.47. The zero-order valence-electron chi connectivity index (χ0n) is 13.2. The number of H-pyrrole nitrogens is 1. The van der Waals surface area contributed by atoms with Gasteiger partial charge in [0.25, 0.3) is 0 Å². The normalized spacial score (nSPS) is 13.1. The Balaban J connectivity index is 2.17. The number of nitrogens with zero attached hydrogens (tertiary/aromatic N) is 3. The van der Waals surface area contributed by atoms with Gasteiger partial charge in [-0.2, -0.15) is 5.10 Å². The summed E-state index contributed by atoms with van der Waals surface area (Å²) in [4.78, 5) is 5.61. The van der Waals surface area contributed by atoms with E-state index in [2.05, 4.69) is 28.8 Å². The van der Waals surface area contributed by atoms with Gasteiger partial charge in [0.2, 0.25) is 0 Å². The Morgan fingerprint density at radius 3 is 2.73 bits per heavy atom. The minimum Gasteiger partial charge on any atom is -0.361 e. The van der Waals surface area contributed by atoms with Crippen molar-refractivity contribution < 1.29 is 4.39 Å². The average Bonchev–Trinajstić information content (AvgIpc) is 3.11. The molecule has 0 radical (unpaired) electrons. The van der Waals surface area contributed by atoms with Crippen LogP contribution in [0.3, 0.4) is 0 Å². The van der Waals surface area contributed by atoms with E-state index in [1.807, 2.05) is 25.6 Å². The summed E-state index contributed by atoms with van der Waals surface area (Å²) >= 11 is 0. The number of nitrogens with one attached hydrogen (secondary N) is 1. The molecule has 0 saturated heterocycles. The fourth-order valence-corrected chi connectivity index (χ4v) is 3.10. The minimum absolute atomic E-state index is 0.0688. The molecule has 116 valence electrons. The quantitative estimate of drug-likeness (QED) is 0.783. The van der Waals surface area contributed by atoms with Crippen molar-refractivity contribution in [3.63, 3.8) is 0 Å². The maximum Gasteiger partial charge on any atom is 0.123 e. The molecule has 0 aliphatic rings. The van der Waals surface area contributed by atoms with E-state index in [1.165, 1.54) is 6.07 Å². The Morgan fingerprint density at radius 1 is 1.32 bits per heavy atom. The minimum atomic E-state index is -0.210. The summed E-state index contributed by atoms with van der Waals surface area (Å²) in [5.74, 6) is -0.210. The van der Waals surface area contributed by atoms with Gasteiger partial charge in [0, 0.05) is 35.9 Å². The molecule has 22 heavy (non-hydrogen) atoms. The number of aromatic nitrogens is 3. The van der Waals surface area contributed by atoms with E-state index in [9.17, 15) is 4.39 Å². The van der Waals surface area contributed by atoms with Crippen LogP contribution < -0.4 is 0 Å². The Bertz CT molecular complexity index is 770. The highest BCUT2D eigenvalue weighted by molar-refractivity contribution is 5.84. The second-order valence-electron chi connectivity index (χ2n) is 5.51. The highest BCUT2D eigenvalue weighted by Gasteiger charge is 2.24. The molecule has 1 aromatic carbocycles. The fourth-order valence-electron chi connectivity index (χ4n) is 3.10. The number of aryl methyl sites for hydroxylation is 1. The maximum absolute atomic E-state index is 13.7. The van der Waals surface area contributed by atoms with Crippen LogP contribution in [0.2, 0.25) is 0 Å². The van der Waals surface area contributed by atoms with Gasteiger partial charge < -0.3 is 4.98 Å². The molecule has 0 aliphatic heterocycles. The van der Waals surface area contributed by atoms with Gasteiger partial charge >= 0.3 is 0 Å². The largest absolute Gasteiger partial charge is 0.361 e. The number of hydrogen-bond donors (Lipinski definition) is 1. The summed E-state index contributed by atoms with van der Waals surface area (Å²) in [5, 5.41) is 5.23. The lowest BCUT2D eigenvalue weighted by molar-refractivity contribution is 0.252. The van der Waals surface area contributed by atoms with Crippen LogP contribution in [0.1, 0.15) is 31.0 Å². The van der Waals surface area contributed by atoms with Crippen molar-refractivity contribution in [2.75, 3.05) is 13.1 Å². The van der Waals surface area contributed by atoms with Gasteiger partial charge in [-0.25, -0.2) is 4.39 Å². The van der Waals surface area contributed by atoms with Gasteiger partial charge in [-0.3, -0.25) is 9.58 Å². The van der Waals surface area contributed by atoms with Crippen LogP contribution in [0.25, 0.3) is 10.9 Å². The van der Waals surface area contributed by atoms with Gasteiger partial charge in [-0.15, -0.1) is 0 Å². The highest BCUT2D eigenvalue weighted by Crippen LogP contribution is 2.33. The molecule has 2 heterocycles. The molecule has 3 rings (SSSR count). The van der Waals surface area contributed by atoms with E-state index in [4.69, 9.17) is 0 Å². The van der Waals surface area contributed by atoms with Crippen LogP contribution in [0.5, 0.6) is 0 Å². The van der Waals surface area contributed by atoms with Crippen LogP contribution in [-0.2, 0) is 7.05 Å². The van der Waals surface area contributed by atoms with Crippen molar-refractivity contribution in [1.29, 1.82) is 0 Å².